The number of rotatable bonds is 7. The Bertz CT molecular complexity index is 971. The molecular weight excluding hydrogens is 320 g/mol. The van der Waals surface area contributed by atoms with Crippen molar-refractivity contribution in [2.24, 2.45) is 0 Å². The summed E-state index contributed by atoms with van der Waals surface area (Å²) in [6.45, 7) is 1.44. The molecule has 3 nitrogen and oxygen atoms in total. The monoisotopic (exact) mass is 342 g/mol. The average Bonchev–Trinajstić information content (AvgIpc) is 3.19. The zero-order chi connectivity index (χ0) is 17.6. The van der Waals surface area contributed by atoms with E-state index in [-0.39, 0.29) is 0 Å². The van der Waals surface area contributed by atoms with Gasteiger partial charge in [0.25, 0.3) is 0 Å². The molecule has 0 amide bonds. The fourth-order valence-corrected chi connectivity index (χ4v) is 3.30. The van der Waals surface area contributed by atoms with Crippen molar-refractivity contribution in [2.75, 3.05) is 6.61 Å². The van der Waals surface area contributed by atoms with Crippen molar-refractivity contribution in [3.05, 3.63) is 96.3 Å². The summed E-state index contributed by atoms with van der Waals surface area (Å²) in [5.41, 5.74) is 2.54. The van der Waals surface area contributed by atoms with Gasteiger partial charge in [0.15, 0.2) is 0 Å². The molecule has 130 valence electrons. The Morgan fingerprint density at radius 2 is 1.62 bits per heavy atom. The number of hydrogen-bond acceptors (Lipinski definition) is 2. The smallest absolute Gasteiger partial charge is 0.124 e. The molecule has 4 aromatic rings. The molecule has 0 saturated carbocycles. The molecule has 0 aliphatic carbocycles. The van der Waals surface area contributed by atoms with Crippen molar-refractivity contribution in [3.63, 3.8) is 0 Å². The van der Waals surface area contributed by atoms with E-state index < -0.39 is 0 Å². The van der Waals surface area contributed by atoms with Crippen LogP contribution in [-0.4, -0.2) is 16.4 Å². The largest absolute Gasteiger partial charge is 0.493 e. The quantitative estimate of drug-likeness (QED) is 0.437. The SMILES string of the molecule is c1ccc(OCCCc2cccc3ccccc23)c(Cn2cccn2)c1. The second-order valence-electron chi connectivity index (χ2n) is 6.40. The van der Waals surface area contributed by atoms with Gasteiger partial charge in [-0.3, -0.25) is 4.68 Å². The first kappa shape index (κ1) is 16.4. The Hall–Kier alpha value is -3.07. The van der Waals surface area contributed by atoms with Gasteiger partial charge < -0.3 is 4.74 Å². The molecule has 0 aliphatic rings. The van der Waals surface area contributed by atoms with E-state index >= 15 is 0 Å². The Kier molecular flexibility index (Phi) is 4.97. The molecule has 0 saturated heterocycles. The molecule has 3 heteroatoms. The van der Waals surface area contributed by atoms with Crippen LogP contribution >= 0.6 is 0 Å². The third kappa shape index (κ3) is 3.77. The summed E-state index contributed by atoms with van der Waals surface area (Å²) >= 11 is 0. The fraction of sp³-hybridized carbons (Fsp3) is 0.174. The van der Waals surface area contributed by atoms with Crippen LogP contribution in [0.5, 0.6) is 5.75 Å². The van der Waals surface area contributed by atoms with E-state index in [1.54, 1.807) is 6.20 Å². The highest BCUT2D eigenvalue weighted by molar-refractivity contribution is 5.85. The number of para-hydroxylation sites is 1. The van der Waals surface area contributed by atoms with Gasteiger partial charge in [-0.05, 0) is 41.3 Å². The lowest BCUT2D eigenvalue weighted by Crippen LogP contribution is -2.05. The van der Waals surface area contributed by atoms with Crippen LogP contribution in [0.4, 0.5) is 0 Å². The van der Waals surface area contributed by atoms with E-state index in [9.17, 15) is 0 Å². The minimum absolute atomic E-state index is 0.708. The molecule has 0 radical (unpaired) electrons. The molecule has 26 heavy (non-hydrogen) atoms. The molecule has 1 heterocycles. The highest BCUT2D eigenvalue weighted by Gasteiger charge is 2.05. The van der Waals surface area contributed by atoms with Crippen LogP contribution in [-0.2, 0) is 13.0 Å². The molecule has 0 fully saturated rings. The van der Waals surface area contributed by atoms with Crippen LogP contribution in [0.15, 0.2) is 85.2 Å². The summed E-state index contributed by atoms with van der Waals surface area (Å²) in [5.74, 6) is 0.945. The summed E-state index contributed by atoms with van der Waals surface area (Å²) in [6, 6.07) is 25.2. The molecule has 0 spiro atoms. The second kappa shape index (κ2) is 7.87. The van der Waals surface area contributed by atoms with Crippen molar-refractivity contribution >= 4 is 10.8 Å². The van der Waals surface area contributed by atoms with E-state index in [0.717, 1.165) is 30.7 Å². The Labute approximate surface area is 153 Å². The maximum Gasteiger partial charge on any atom is 0.124 e. The Morgan fingerprint density at radius 3 is 2.54 bits per heavy atom. The van der Waals surface area contributed by atoms with Gasteiger partial charge in [-0.15, -0.1) is 0 Å². The van der Waals surface area contributed by atoms with Crippen LogP contribution in [0.25, 0.3) is 10.8 Å². The Morgan fingerprint density at radius 1 is 0.808 bits per heavy atom. The van der Waals surface area contributed by atoms with E-state index in [1.807, 2.05) is 35.1 Å². The second-order valence-corrected chi connectivity index (χ2v) is 6.40. The maximum absolute atomic E-state index is 6.08. The summed E-state index contributed by atoms with van der Waals surface area (Å²) in [4.78, 5) is 0. The minimum atomic E-state index is 0.708. The molecule has 1 aromatic heterocycles. The predicted octanol–water partition coefficient (Wildman–Crippen LogP) is 5.10. The zero-order valence-corrected chi connectivity index (χ0v) is 14.7. The first-order valence-electron chi connectivity index (χ1n) is 9.05. The molecule has 3 aromatic carbocycles. The number of benzene rings is 3. The zero-order valence-electron chi connectivity index (χ0n) is 14.7. The molecule has 0 bridgehead atoms. The maximum atomic E-state index is 6.08. The fourth-order valence-electron chi connectivity index (χ4n) is 3.30. The highest BCUT2D eigenvalue weighted by atomic mass is 16.5. The average molecular weight is 342 g/mol. The summed E-state index contributed by atoms with van der Waals surface area (Å²) in [7, 11) is 0. The molecule has 0 aliphatic heterocycles. The topological polar surface area (TPSA) is 27.1 Å². The lowest BCUT2D eigenvalue weighted by molar-refractivity contribution is 0.307. The molecular formula is C23H22N2O. The number of hydrogen-bond donors (Lipinski definition) is 0. The van der Waals surface area contributed by atoms with Crippen molar-refractivity contribution in [1.82, 2.24) is 9.78 Å². The number of nitrogens with zero attached hydrogens (tertiary/aromatic N) is 2. The van der Waals surface area contributed by atoms with Crippen molar-refractivity contribution < 1.29 is 4.74 Å². The van der Waals surface area contributed by atoms with Gasteiger partial charge in [-0.2, -0.15) is 5.10 Å². The van der Waals surface area contributed by atoms with Crippen LogP contribution in [0, 0.1) is 0 Å². The van der Waals surface area contributed by atoms with E-state index in [1.165, 1.54) is 16.3 Å². The summed E-state index contributed by atoms with van der Waals surface area (Å²) < 4.78 is 7.99. The molecule has 4 rings (SSSR count). The number of fused-ring (bicyclic) bond motifs is 1. The van der Waals surface area contributed by atoms with Crippen LogP contribution in [0.3, 0.4) is 0 Å². The van der Waals surface area contributed by atoms with Gasteiger partial charge in [0, 0.05) is 18.0 Å². The van der Waals surface area contributed by atoms with Gasteiger partial charge in [-0.1, -0.05) is 60.7 Å². The lowest BCUT2D eigenvalue weighted by Gasteiger charge is -2.12. The first-order valence-corrected chi connectivity index (χ1v) is 9.05. The molecule has 0 atom stereocenters. The normalized spacial score (nSPS) is 10.9. The third-order valence-electron chi connectivity index (χ3n) is 4.59. The highest BCUT2D eigenvalue weighted by Crippen LogP contribution is 2.21. The first-order chi connectivity index (χ1) is 12.9. The summed E-state index contributed by atoms with van der Waals surface area (Å²) in [6.07, 6.45) is 5.78. The van der Waals surface area contributed by atoms with E-state index in [2.05, 4.69) is 53.6 Å². The van der Waals surface area contributed by atoms with Gasteiger partial charge in [-0.25, -0.2) is 0 Å². The van der Waals surface area contributed by atoms with Crippen molar-refractivity contribution in [2.45, 2.75) is 19.4 Å². The molecule has 0 N–H and O–H groups in total. The standard InChI is InChI=1S/C23H22N2O/c1-3-13-22-19(8-1)10-5-11-20(22)12-6-17-26-23-14-4-2-9-21(23)18-25-16-7-15-24-25/h1-5,7-11,13-16H,6,12,17-18H2. The summed E-state index contributed by atoms with van der Waals surface area (Å²) in [5, 5.41) is 6.92. The Balaban J connectivity index is 1.38. The van der Waals surface area contributed by atoms with Crippen LogP contribution in [0.2, 0.25) is 0 Å². The third-order valence-corrected chi connectivity index (χ3v) is 4.59. The van der Waals surface area contributed by atoms with Gasteiger partial charge in [0.1, 0.15) is 5.75 Å². The van der Waals surface area contributed by atoms with E-state index in [4.69, 9.17) is 4.74 Å². The van der Waals surface area contributed by atoms with Gasteiger partial charge in [0.2, 0.25) is 0 Å². The van der Waals surface area contributed by atoms with Crippen LogP contribution in [0.1, 0.15) is 17.5 Å². The van der Waals surface area contributed by atoms with Crippen molar-refractivity contribution in [1.29, 1.82) is 0 Å². The lowest BCUT2D eigenvalue weighted by atomic mass is 10.0. The number of ether oxygens (including phenoxy) is 1. The minimum Gasteiger partial charge on any atom is -0.493 e. The van der Waals surface area contributed by atoms with E-state index in [0.29, 0.717) is 6.61 Å². The number of aromatic nitrogens is 2. The van der Waals surface area contributed by atoms with Gasteiger partial charge in [0.05, 0.1) is 13.2 Å². The van der Waals surface area contributed by atoms with Gasteiger partial charge >= 0.3 is 0 Å². The number of aryl methyl sites for hydroxylation is 1. The van der Waals surface area contributed by atoms with Crippen molar-refractivity contribution in [3.8, 4) is 5.75 Å². The predicted molar refractivity (Wildman–Crippen MR) is 106 cm³/mol. The van der Waals surface area contributed by atoms with Crippen LogP contribution < -0.4 is 4.74 Å². The molecule has 0 unspecified atom stereocenters.